The van der Waals surface area contributed by atoms with Crippen molar-refractivity contribution in [2.75, 3.05) is 31.6 Å². The van der Waals surface area contributed by atoms with Gasteiger partial charge in [0.1, 0.15) is 0 Å². The van der Waals surface area contributed by atoms with Crippen molar-refractivity contribution in [3.05, 3.63) is 17.3 Å². The summed E-state index contributed by atoms with van der Waals surface area (Å²) in [5, 5.41) is 8.26. The Morgan fingerprint density at radius 3 is 2.84 bits per heavy atom. The Morgan fingerprint density at radius 1 is 1.37 bits per heavy atom. The van der Waals surface area contributed by atoms with Gasteiger partial charge in [0, 0.05) is 20.0 Å². The van der Waals surface area contributed by atoms with E-state index in [2.05, 4.69) is 22.0 Å². The summed E-state index contributed by atoms with van der Waals surface area (Å²) in [4.78, 5) is 15.4. The van der Waals surface area contributed by atoms with Crippen LogP contribution in [0.5, 0.6) is 0 Å². The number of carbonyl (C=O) groups is 1. The average Bonchev–Trinajstić information content (AvgIpc) is 2.88. The molecular weight excluding hydrogens is 244 g/mol. The maximum absolute atomic E-state index is 11.6. The molecule has 2 fully saturated rings. The molecule has 6 nitrogen and oxygen atoms in total. The number of amides is 1. The van der Waals surface area contributed by atoms with Gasteiger partial charge in [-0.25, -0.2) is 4.79 Å². The molecule has 2 aliphatic rings. The standard InChI is InChI=1S/C13H18N4O2/c1-9-6-14-15-11(10(9)2)17-5-4-13(8-17)7-16(3)12(18)19-13/h6H,4-5,7-8H2,1-3H3. The predicted octanol–water partition coefficient (Wildman–Crippen LogP) is 1.12. The van der Waals surface area contributed by atoms with Gasteiger partial charge in [-0.05, 0) is 25.0 Å². The molecule has 0 bridgehead atoms. The van der Waals surface area contributed by atoms with E-state index in [1.54, 1.807) is 18.1 Å². The topological polar surface area (TPSA) is 58.6 Å². The van der Waals surface area contributed by atoms with Gasteiger partial charge in [-0.1, -0.05) is 0 Å². The van der Waals surface area contributed by atoms with Crippen LogP contribution in [-0.4, -0.2) is 53.5 Å². The third-order valence-electron chi connectivity index (χ3n) is 4.09. The molecule has 2 saturated heterocycles. The molecule has 6 heteroatoms. The molecule has 1 aromatic heterocycles. The SMILES string of the molecule is Cc1cnnc(N2CCC3(CN(C)C(=O)O3)C2)c1C. The Kier molecular flexibility index (Phi) is 2.62. The van der Waals surface area contributed by atoms with Crippen molar-refractivity contribution in [2.24, 2.45) is 0 Å². The third kappa shape index (κ3) is 1.91. The van der Waals surface area contributed by atoms with Crippen molar-refractivity contribution in [2.45, 2.75) is 25.9 Å². The zero-order valence-electron chi connectivity index (χ0n) is 11.5. The monoisotopic (exact) mass is 262 g/mol. The van der Waals surface area contributed by atoms with E-state index < -0.39 is 0 Å². The average molecular weight is 262 g/mol. The fraction of sp³-hybridized carbons (Fsp3) is 0.615. The number of aromatic nitrogens is 2. The molecule has 102 valence electrons. The Bertz CT molecular complexity index is 533. The van der Waals surface area contributed by atoms with E-state index >= 15 is 0 Å². The number of hydrogen-bond donors (Lipinski definition) is 0. The minimum absolute atomic E-state index is 0.228. The fourth-order valence-electron chi connectivity index (χ4n) is 2.85. The van der Waals surface area contributed by atoms with Crippen LogP contribution in [0.4, 0.5) is 10.6 Å². The van der Waals surface area contributed by atoms with E-state index in [9.17, 15) is 4.79 Å². The molecular formula is C13H18N4O2. The number of hydrogen-bond acceptors (Lipinski definition) is 5. The zero-order valence-corrected chi connectivity index (χ0v) is 11.5. The van der Waals surface area contributed by atoms with Crippen LogP contribution >= 0.6 is 0 Å². The van der Waals surface area contributed by atoms with Crippen LogP contribution in [0.1, 0.15) is 17.5 Å². The number of likely N-dealkylation sites (N-methyl/N-ethyl adjacent to an activating group) is 1. The summed E-state index contributed by atoms with van der Waals surface area (Å²) in [6.45, 7) is 6.28. The molecule has 1 atom stereocenters. The van der Waals surface area contributed by atoms with Gasteiger partial charge in [-0.15, -0.1) is 5.10 Å². The first-order chi connectivity index (χ1) is 9.01. The molecule has 0 aliphatic carbocycles. The van der Waals surface area contributed by atoms with Crippen LogP contribution < -0.4 is 4.90 Å². The van der Waals surface area contributed by atoms with Crippen LogP contribution in [0, 0.1) is 13.8 Å². The van der Waals surface area contributed by atoms with Crippen molar-refractivity contribution in [1.82, 2.24) is 15.1 Å². The lowest BCUT2D eigenvalue weighted by atomic mass is 10.0. The molecule has 0 N–H and O–H groups in total. The molecule has 3 heterocycles. The molecule has 0 aromatic carbocycles. The Balaban J connectivity index is 1.83. The number of anilines is 1. The number of rotatable bonds is 1. The Labute approximate surface area is 112 Å². The lowest BCUT2D eigenvalue weighted by Gasteiger charge is -2.23. The van der Waals surface area contributed by atoms with Crippen LogP contribution in [0.25, 0.3) is 0 Å². The lowest BCUT2D eigenvalue weighted by Crippen LogP contribution is -2.37. The third-order valence-corrected chi connectivity index (χ3v) is 4.09. The second-order valence-corrected chi connectivity index (χ2v) is 5.55. The van der Waals surface area contributed by atoms with Crippen molar-refractivity contribution in [3.63, 3.8) is 0 Å². The van der Waals surface area contributed by atoms with Gasteiger partial charge in [-0.2, -0.15) is 5.10 Å². The zero-order chi connectivity index (χ0) is 13.6. The van der Waals surface area contributed by atoms with Crippen molar-refractivity contribution >= 4 is 11.9 Å². The summed E-state index contributed by atoms with van der Waals surface area (Å²) < 4.78 is 5.54. The van der Waals surface area contributed by atoms with Gasteiger partial charge < -0.3 is 14.5 Å². The first-order valence-corrected chi connectivity index (χ1v) is 6.49. The maximum atomic E-state index is 11.6. The molecule has 3 rings (SSSR count). The molecule has 19 heavy (non-hydrogen) atoms. The number of ether oxygens (including phenoxy) is 1. The van der Waals surface area contributed by atoms with Crippen molar-refractivity contribution in [1.29, 1.82) is 0 Å². The normalized spacial score (nSPS) is 26.4. The van der Waals surface area contributed by atoms with E-state index in [0.29, 0.717) is 13.1 Å². The summed E-state index contributed by atoms with van der Waals surface area (Å²) in [7, 11) is 1.78. The second-order valence-electron chi connectivity index (χ2n) is 5.55. The predicted molar refractivity (Wildman–Crippen MR) is 70.2 cm³/mol. The van der Waals surface area contributed by atoms with Crippen LogP contribution in [0.15, 0.2) is 6.20 Å². The Morgan fingerprint density at radius 2 is 2.16 bits per heavy atom. The number of carbonyl (C=O) groups excluding carboxylic acids is 1. The number of aryl methyl sites for hydroxylation is 1. The summed E-state index contributed by atoms with van der Waals surface area (Å²) >= 11 is 0. The minimum Gasteiger partial charge on any atom is -0.439 e. The van der Waals surface area contributed by atoms with Crippen LogP contribution in [0.3, 0.4) is 0 Å². The highest BCUT2D eigenvalue weighted by Gasteiger charge is 2.49. The van der Waals surface area contributed by atoms with Gasteiger partial charge in [0.25, 0.3) is 0 Å². The first kappa shape index (κ1) is 12.2. The molecule has 1 spiro atoms. The highest BCUT2D eigenvalue weighted by molar-refractivity contribution is 5.70. The highest BCUT2D eigenvalue weighted by Crippen LogP contribution is 2.34. The molecule has 1 unspecified atom stereocenters. The van der Waals surface area contributed by atoms with Gasteiger partial charge >= 0.3 is 6.09 Å². The minimum atomic E-state index is -0.371. The van der Waals surface area contributed by atoms with Gasteiger partial charge in [0.15, 0.2) is 11.4 Å². The summed E-state index contributed by atoms with van der Waals surface area (Å²) in [5.74, 6) is 0.905. The quantitative estimate of drug-likeness (QED) is 0.759. The largest absolute Gasteiger partial charge is 0.439 e. The highest BCUT2D eigenvalue weighted by atomic mass is 16.6. The molecule has 1 amide bonds. The summed E-state index contributed by atoms with van der Waals surface area (Å²) in [6, 6.07) is 0. The summed E-state index contributed by atoms with van der Waals surface area (Å²) in [5.41, 5.74) is 1.90. The van der Waals surface area contributed by atoms with E-state index in [0.717, 1.165) is 29.9 Å². The van der Waals surface area contributed by atoms with E-state index in [-0.39, 0.29) is 11.7 Å². The maximum Gasteiger partial charge on any atom is 0.410 e. The van der Waals surface area contributed by atoms with Crippen molar-refractivity contribution in [3.8, 4) is 0 Å². The Hall–Kier alpha value is -1.85. The van der Waals surface area contributed by atoms with Gasteiger partial charge in [0.2, 0.25) is 0 Å². The van der Waals surface area contributed by atoms with E-state index in [1.165, 1.54) is 0 Å². The van der Waals surface area contributed by atoms with Crippen LogP contribution in [0.2, 0.25) is 0 Å². The fourth-order valence-corrected chi connectivity index (χ4v) is 2.85. The molecule has 0 saturated carbocycles. The molecule has 1 aromatic rings. The van der Waals surface area contributed by atoms with E-state index in [1.807, 2.05) is 6.92 Å². The lowest BCUT2D eigenvalue weighted by molar-refractivity contribution is 0.0741. The number of nitrogens with zero attached hydrogens (tertiary/aromatic N) is 4. The molecule has 0 radical (unpaired) electrons. The smallest absolute Gasteiger partial charge is 0.410 e. The van der Waals surface area contributed by atoms with Gasteiger partial charge in [0.05, 0.1) is 19.3 Å². The van der Waals surface area contributed by atoms with E-state index in [4.69, 9.17) is 4.74 Å². The van der Waals surface area contributed by atoms with Crippen molar-refractivity contribution < 1.29 is 9.53 Å². The van der Waals surface area contributed by atoms with Gasteiger partial charge in [-0.3, -0.25) is 0 Å². The second kappa shape index (κ2) is 4.08. The molecule has 2 aliphatic heterocycles. The first-order valence-electron chi connectivity index (χ1n) is 6.49. The van der Waals surface area contributed by atoms with Crippen LogP contribution in [-0.2, 0) is 4.74 Å². The summed E-state index contributed by atoms with van der Waals surface area (Å²) in [6.07, 6.45) is 2.39.